The molecule has 1 aliphatic carbocycles. The van der Waals surface area contributed by atoms with Gasteiger partial charge in [-0.3, -0.25) is 4.79 Å². The van der Waals surface area contributed by atoms with Gasteiger partial charge < -0.3 is 0 Å². The third-order valence-electron chi connectivity index (χ3n) is 3.29. The van der Waals surface area contributed by atoms with Gasteiger partial charge >= 0.3 is 0 Å². The molecule has 1 aliphatic rings. The third kappa shape index (κ3) is 1.54. The van der Waals surface area contributed by atoms with Gasteiger partial charge in [0.1, 0.15) is 0 Å². The first kappa shape index (κ1) is 10.5. The molecular formula is C13H11BrOS. The molecule has 1 fully saturated rings. The van der Waals surface area contributed by atoms with Crippen molar-refractivity contribution in [1.29, 1.82) is 0 Å². The second kappa shape index (κ2) is 3.97. The van der Waals surface area contributed by atoms with Crippen molar-refractivity contribution in [3.63, 3.8) is 0 Å². The van der Waals surface area contributed by atoms with Crippen molar-refractivity contribution in [3.8, 4) is 0 Å². The van der Waals surface area contributed by atoms with Gasteiger partial charge in [-0.25, -0.2) is 0 Å². The first-order chi connectivity index (χ1) is 7.77. The van der Waals surface area contributed by atoms with Gasteiger partial charge in [0.25, 0.3) is 0 Å². The lowest BCUT2D eigenvalue weighted by molar-refractivity contribution is 0.0857. The SMILES string of the molecule is O=C(c1csc2c(Br)cccc12)C1CCC1. The molecule has 0 aliphatic heterocycles. The zero-order valence-electron chi connectivity index (χ0n) is 8.70. The summed E-state index contributed by atoms with van der Waals surface area (Å²) in [5.74, 6) is 0.632. The van der Waals surface area contributed by atoms with E-state index in [9.17, 15) is 4.79 Å². The molecule has 3 rings (SSSR count). The Morgan fingerprint density at radius 2 is 2.19 bits per heavy atom. The van der Waals surface area contributed by atoms with Crippen molar-refractivity contribution in [2.24, 2.45) is 5.92 Å². The summed E-state index contributed by atoms with van der Waals surface area (Å²) in [7, 11) is 0. The number of carbonyl (C=O) groups is 1. The van der Waals surface area contributed by atoms with Crippen molar-refractivity contribution in [3.05, 3.63) is 33.6 Å². The van der Waals surface area contributed by atoms with Crippen molar-refractivity contribution >= 4 is 43.1 Å². The highest BCUT2D eigenvalue weighted by Crippen LogP contribution is 2.36. The zero-order valence-corrected chi connectivity index (χ0v) is 11.1. The van der Waals surface area contributed by atoms with E-state index in [1.54, 1.807) is 11.3 Å². The van der Waals surface area contributed by atoms with E-state index in [1.165, 1.54) is 11.1 Å². The van der Waals surface area contributed by atoms with E-state index < -0.39 is 0 Å². The van der Waals surface area contributed by atoms with Crippen LogP contribution in [0.25, 0.3) is 10.1 Å². The molecule has 0 atom stereocenters. The predicted molar refractivity (Wildman–Crippen MR) is 71.2 cm³/mol. The highest BCUT2D eigenvalue weighted by Gasteiger charge is 2.27. The lowest BCUT2D eigenvalue weighted by atomic mass is 9.80. The normalized spacial score (nSPS) is 16.3. The summed E-state index contributed by atoms with van der Waals surface area (Å²) in [6.07, 6.45) is 3.36. The minimum Gasteiger partial charge on any atom is -0.294 e. The van der Waals surface area contributed by atoms with E-state index in [4.69, 9.17) is 0 Å². The van der Waals surface area contributed by atoms with Crippen LogP contribution in [0.3, 0.4) is 0 Å². The number of rotatable bonds is 2. The number of halogens is 1. The molecule has 3 heteroatoms. The maximum atomic E-state index is 12.2. The summed E-state index contributed by atoms with van der Waals surface area (Å²) in [5, 5.41) is 3.12. The van der Waals surface area contributed by atoms with Crippen LogP contribution in [0.1, 0.15) is 29.6 Å². The quantitative estimate of drug-likeness (QED) is 0.737. The molecule has 2 aromatic rings. The third-order valence-corrected chi connectivity index (χ3v) is 5.25. The molecule has 1 aromatic carbocycles. The van der Waals surface area contributed by atoms with E-state index in [1.807, 2.05) is 23.6 Å². The summed E-state index contributed by atoms with van der Waals surface area (Å²) >= 11 is 5.18. The van der Waals surface area contributed by atoms with E-state index >= 15 is 0 Å². The van der Waals surface area contributed by atoms with E-state index in [2.05, 4.69) is 15.9 Å². The van der Waals surface area contributed by atoms with Gasteiger partial charge in [-0.1, -0.05) is 18.6 Å². The first-order valence-corrected chi connectivity index (χ1v) is 7.14. The molecule has 0 unspecified atom stereocenters. The number of thiophene rings is 1. The van der Waals surface area contributed by atoms with Gasteiger partial charge in [0.05, 0.1) is 0 Å². The number of Topliss-reactive ketones (excluding diaryl/α,β-unsaturated/α-hetero) is 1. The molecule has 1 nitrogen and oxygen atoms in total. The summed E-state index contributed by atoms with van der Waals surface area (Å²) < 4.78 is 2.27. The topological polar surface area (TPSA) is 17.1 Å². The van der Waals surface area contributed by atoms with Gasteiger partial charge in [-0.2, -0.15) is 0 Å². The molecule has 1 aromatic heterocycles. The molecule has 0 radical (unpaired) electrons. The van der Waals surface area contributed by atoms with Gasteiger partial charge in [-0.15, -0.1) is 11.3 Å². The van der Waals surface area contributed by atoms with Crippen LogP contribution in [-0.2, 0) is 0 Å². The Morgan fingerprint density at radius 3 is 2.88 bits per heavy atom. The molecule has 0 bridgehead atoms. The Labute approximate surface area is 107 Å². The monoisotopic (exact) mass is 294 g/mol. The van der Waals surface area contributed by atoms with Crippen LogP contribution >= 0.6 is 27.3 Å². The Balaban J connectivity index is 2.10. The first-order valence-electron chi connectivity index (χ1n) is 5.47. The lowest BCUT2D eigenvalue weighted by Crippen LogP contribution is -2.21. The van der Waals surface area contributed by atoms with E-state index in [-0.39, 0.29) is 5.92 Å². The fourth-order valence-corrected chi connectivity index (χ4v) is 3.71. The fraction of sp³-hybridized carbons (Fsp3) is 0.308. The van der Waals surface area contributed by atoms with Crippen molar-refractivity contribution in [1.82, 2.24) is 0 Å². The summed E-state index contributed by atoms with van der Waals surface area (Å²) in [6, 6.07) is 6.07. The molecule has 1 saturated carbocycles. The molecule has 0 spiro atoms. The van der Waals surface area contributed by atoms with Gasteiger partial charge in [-0.05, 0) is 34.8 Å². The number of fused-ring (bicyclic) bond motifs is 1. The maximum Gasteiger partial charge on any atom is 0.167 e. The summed E-state index contributed by atoms with van der Waals surface area (Å²) in [5.41, 5.74) is 0.922. The van der Waals surface area contributed by atoms with Crippen molar-refractivity contribution < 1.29 is 4.79 Å². The minimum atomic E-state index is 0.289. The Kier molecular flexibility index (Phi) is 2.60. The second-order valence-corrected chi connectivity index (χ2v) is 5.99. The average molecular weight is 295 g/mol. The Hall–Kier alpha value is -0.670. The van der Waals surface area contributed by atoms with Crippen LogP contribution in [-0.4, -0.2) is 5.78 Å². The number of hydrogen-bond donors (Lipinski definition) is 0. The minimum absolute atomic E-state index is 0.289. The number of ketones is 1. The number of benzene rings is 1. The van der Waals surface area contributed by atoms with Crippen LogP contribution < -0.4 is 0 Å². The maximum absolute atomic E-state index is 12.2. The second-order valence-electron chi connectivity index (χ2n) is 4.26. The molecule has 82 valence electrons. The molecule has 0 N–H and O–H groups in total. The highest BCUT2D eigenvalue weighted by atomic mass is 79.9. The van der Waals surface area contributed by atoms with Gasteiger partial charge in [0.2, 0.25) is 0 Å². The van der Waals surface area contributed by atoms with E-state index in [0.29, 0.717) is 5.78 Å². The average Bonchev–Trinajstić information content (AvgIpc) is 2.59. The fourth-order valence-electron chi connectivity index (χ4n) is 2.10. The Morgan fingerprint density at radius 1 is 1.38 bits per heavy atom. The molecular weight excluding hydrogens is 284 g/mol. The highest BCUT2D eigenvalue weighted by molar-refractivity contribution is 9.10. The van der Waals surface area contributed by atoms with Crippen LogP contribution in [0.15, 0.2) is 28.1 Å². The smallest absolute Gasteiger partial charge is 0.167 e. The summed E-state index contributed by atoms with van der Waals surface area (Å²) in [6.45, 7) is 0. The molecule has 0 amide bonds. The van der Waals surface area contributed by atoms with Crippen LogP contribution in [0.5, 0.6) is 0 Å². The van der Waals surface area contributed by atoms with Gasteiger partial charge in [0, 0.05) is 31.4 Å². The van der Waals surface area contributed by atoms with Crippen molar-refractivity contribution in [2.45, 2.75) is 19.3 Å². The predicted octanol–water partition coefficient (Wildman–Crippen LogP) is 4.65. The number of carbonyl (C=O) groups excluding carboxylic acids is 1. The molecule has 1 heterocycles. The Bertz CT molecular complexity index is 554. The number of hydrogen-bond acceptors (Lipinski definition) is 2. The zero-order chi connectivity index (χ0) is 11.1. The molecule has 16 heavy (non-hydrogen) atoms. The lowest BCUT2D eigenvalue weighted by Gasteiger charge is -2.23. The van der Waals surface area contributed by atoms with Gasteiger partial charge in [0.15, 0.2) is 5.78 Å². The standard InChI is InChI=1S/C13H11BrOS/c14-11-6-2-5-9-10(7-16-13(9)11)12(15)8-3-1-4-8/h2,5-8H,1,3-4H2. The van der Waals surface area contributed by atoms with Crippen molar-refractivity contribution in [2.75, 3.05) is 0 Å². The van der Waals surface area contributed by atoms with E-state index in [0.717, 1.165) is 28.3 Å². The van der Waals surface area contributed by atoms with Crippen LogP contribution in [0.2, 0.25) is 0 Å². The largest absolute Gasteiger partial charge is 0.294 e. The van der Waals surface area contributed by atoms with Crippen LogP contribution in [0, 0.1) is 5.92 Å². The van der Waals surface area contributed by atoms with Crippen LogP contribution in [0.4, 0.5) is 0 Å². The summed E-state index contributed by atoms with van der Waals surface area (Å²) in [4.78, 5) is 12.2. The molecule has 0 saturated heterocycles.